The summed E-state index contributed by atoms with van der Waals surface area (Å²) in [6, 6.07) is 7.93. The maximum absolute atomic E-state index is 12.8. The first-order valence-corrected chi connectivity index (χ1v) is 9.47. The summed E-state index contributed by atoms with van der Waals surface area (Å²) in [6.45, 7) is 1.60. The van der Waals surface area contributed by atoms with Gasteiger partial charge in [0.05, 0.1) is 15.5 Å². The molecule has 1 aromatic heterocycles. The van der Waals surface area contributed by atoms with Crippen LogP contribution in [0.15, 0.2) is 53.3 Å². The molecular weight excluding hydrogens is 469 g/mol. The number of carbonyl (C=O) groups excluding carboxylic acids is 1. The molecule has 0 aliphatic carbocycles. The lowest BCUT2D eigenvalue weighted by atomic mass is 10.1. The van der Waals surface area contributed by atoms with Gasteiger partial charge in [-0.25, -0.2) is 4.79 Å². The lowest BCUT2D eigenvalue weighted by Crippen LogP contribution is -2.19. The molecule has 0 atom stereocenters. The molecule has 3 rings (SSSR count). The third-order valence-electron chi connectivity index (χ3n) is 4.56. The zero-order chi connectivity index (χ0) is 24.5. The standard InChI is InChI=1S/C21H14ClF3N2O6/c1-11-7-14(10-19(28)26(11)2)33-20(29)15-9-13(4-5-17(15)27(30)31)32-18-6-3-12(8-16(18)22)21(23,24)25/h3-10H,1-2H3. The summed E-state index contributed by atoms with van der Waals surface area (Å²) in [6.07, 6.45) is -4.61. The molecule has 0 amide bonds. The Kier molecular flexibility index (Phi) is 6.45. The molecule has 0 saturated heterocycles. The Morgan fingerprint density at radius 2 is 1.79 bits per heavy atom. The van der Waals surface area contributed by atoms with E-state index in [1.165, 1.54) is 17.7 Å². The average Bonchev–Trinajstić information content (AvgIpc) is 2.72. The quantitative estimate of drug-likeness (QED) is 0.278. The highest BCUT2D eigenvalue weighted by Crippen LogP contribution is 2.37. The molecule has 33 heavy (non-hydrogen) atoms. The van der Waals surface area contributed by atoms with Crippen molar-refractivity contribution in [2.45, 2.75) is 13.1 Å². The first-order valence-electron chi connectivity index (χ1n) is 9.09. The van der Waals surface area contributed by atoms with Gasteiger partial charge >= 0.3 is 12.1 Å². The molecule has 12 heteroatoms. The van der Waals surface area contributed by atoms with Gasteiger partial charge in [0.15, 0.2) is 0 Å². The number of nitro benzene ring substituents is 1. The number of halogens is 4. The SMILES string of the molecule is Cc1cc(OC(=O)c2cc(Oc3ccc(C(F)(F)F)cc3Cl)ccc2[N+](=O)[O-])cc(=O)n1C. The van der Waals surface area contributed by atoms with Gasteiger partial charge in [0, 0.05) is 37.0 Å². The van der Waals surface area contributed by atoms with Gasteiger partial charge in [0.2, 0.25) is 0 Å². The van der Waals surface area contributed by atoms with Crippen LogP contribution in [0.4, 0.5) is 18.9 Å². The second-order valence-electron chi connectivity index (χ2n) is 6.80. The first-order chi connectivity index (χ1) is 15.4. The summed E-state index contributed by atoms with van der Waals surface area (Å²) >= 11 is 5.86. The lowest BCUT2D eigenvalue weighted by molar-refractivity contribution is -0.385. The van der Waals surface area contributed by atoms with Crippen LogP contribution in [0.3, 0.4) is 0 Å². The number of benzene rings is 2. The fourth-order valence-electron chi connectivity index (χ4n) is 2.75. The molecule has 8 nitrogen and oxygen atoms in total. The third-order valence-corrected chi connectivity index (χ3v) is 4.85. The van der Waals surface area contributed by atoms with E-state index in [9.17, 15) is 32.9 Å². The number of esters is 1. The van der Waals surface area contributed by atoms with Crippen molar-refractivity contribution >= 4 is 23.3 Å². The van der Waals surface area contributed by atoms with Gasteiger partial charge in [-0.1, -0.05) is 11.6 Å². The van der Waals surface area contributed by atoms with Crippen molar-refractivity contribution < 1.29 is 32.4 Å². The van der Waals surface area contributed by atoms with Gasteiger partial charge in [-0.3, -0.25) is 14.9 Å². The van der Waals surface area contributed by atoms with Crippen LogP contribution in [0.1, 0.15) is 21.6 Å². The van der Waals surface area contributed by atoms with Crippen molar-refractivity contribution in [2.75, 3.05) is 0 Å². The van der Waals surface area contributed by atoms with Crippen molar-refractivity contribution in [3.05, 3.63) is 90.8 Å². The Balaban J connectivity index is 1.94. The van der Waals surface area contributed by atoms with Gasteiger partial charge in [-0.05, 0) is 31.2 Å². The second kappa shape index (κ2) is 8.94. The van der Waals surface area contributed by atoms with Crippen LogP contribution in [0.5, 0.6) is 17.2 Å². The predicted molar refractivity (Wildman–Crippen MR) is 111 cm³/mol. The van der Waals surface area contributed by atoms with Crippen LogP contribution >= 0.6 is 11.6 Å². The van der Waals surface area contributed by atoms with Crippen LogP contribution in [-0.2, 0) is 13.2 Å². The number of nitro groups is 1. The van der Waals surface area contributed by atoms with Crippen LogP contribution < -0.4 is 15.0 Å². The van der Waals surface area contributed by atoms with Crippen molar-refractivity contribution in [1.29, 1.82) is 0 Å². The highest BCUT2D eigenvalue weighted by molar-refractivity contribution is 6.32. The Bertz CT molecular complexity index is 1320. The molecule has 0 unspecified atom stereocenters. The minimum atomic E-state index is -4.61. The molecule has 0 aliphatic rings. The number of pyridine rings is 1. The topological polar surface area (TPSA) is 101 Å². The van der Waals surface area contributed by atoms with Crippen molar-refractivity contribution in [3.8, 4) is 17.2 Å². The predicted octanol–water partition coefficient (Wildman–Crippen LogP) is 5.29. The number of aromatic nitrogens is 1. The molecule has 0 spiro atoms. The maximum Gasteiger partial charge on any atom is 0.416 e. The largest absolute Gasteiger partial charge is 0.456 e. The summed E-state index contributed by atoms with van der Waals surface area (Å²) in [5, 5.41) is 11.0. The molecule has 0 aliphatic heterocycles. The Morgan fingerprint density at radius 3 is 2.36 bits per heavy atom. The Morgan fingerprint density at radius 1 is 1.09 bits per heavy atom. The minimum Gasteiger partial charge on any atom is -0.456 e. The summed E-state index contributed by atoms with van der Waals surface area (Å²) in [5.74, 6) is -1.54. The smallest absolute Gasteiger partial charge is 0.416 e. The Labute approximate surface area is 188 Å². The highest BCUT2D eigenvalue weighted by atomic mass is 35.5. The van der Waals surface area contributed by atoms with Crippen LogP contribution in [0.2, 0.25) is 5.02 Å². The molecular formula is C21H14ClF3N2O6. The van der Waals surface area contributed by atoms with Crippen molar-refractivity contribution in [3.63, 3.8) is 0 Å². The number of rotatable bonds is 5. The minimum absolute atomic E-state index is 0.116. The van der Waals surface area contributed by atoms with E-state index in [-0.39, 0.29) is 22.3 Å². The summed E-state index contributed by atoms with van der Waals surface area (Å²) in [5.41, 5.74) is -2.07. The normalized spacial score (nSPS) is 11.2. The number of carbonyl (C=O) groups is 1. The molecule has 2 aromatic carbocycles. The number of aryl methyl sites for hydroxylation is 1. The molecule has 172 valence electrons. The van der Waals surface area contributed by atoms with E-state index < -0.39 is 39.4 Å². The monoisotopic (exact) mass is 482 g/mol. The van der Waals surface area contributed by atoms with Crippen molar-refractivity contribution in [1.82, 2.24) is 4.57 Å². The van der Waals surface area contributed by atoms with Gasteiger partial charge in [0.1, 0.15) is 22.8 Å². The van der Waals surface area contributed by atoms with Gasteiger partial charge < -0.3 is 14.0 Å². The molecule has 0 saturated carbocycles. The van der Waals surface area contributed by atoms with Gasteiger partial charge in [-0.2, -0.15) is 13.2 Å². The number of alkyl halides is 3. The van der Waals surface area contributed by atoms with E-state index in [2.05, 4.69) is 0 Å². The van der Waals surface area contributed by atoms with Gasteiger partial charge in [0.25, 0.3) is 11.2 Å². The second-order valence-corrected chi connectivity index (χ2v) is 7.21. The Hall–Kier alpha value is -3.86. The lowest BCUT2D eigenvalue weighted by Gasteiger charge is -2.12. The fraction of sp³-hybridized carbons (Fsp3) is 0.143. The fourth-order valence-corrected chi connectivity index (χ4v) is 2.97. The van der Waals surface area contributed by atoms with E-state index in [1.807, 2.05) is 0 Å². The summed E-state index contributed by atoms with van der Waals surface area (Å²) in [7, 11) is 1.52. The van der Waals surface area contributed by atoms with Crippen LogP contribution in [0, 0.1) is 17.0 Å². The van der Waals surface area contributed by atoms with Crippen molar-refractivity contribution in [2.24, 2.45) is 7.05 Å². The first kappa shape index (κ1) is 23.8. The molecule has 3 aromatic rings. The molecule has 0 bridgehead atoms. The van der Waals surface area contributed by atoms with E-state index in [0.29, 0.717) is 11.8 Å². The third kappa shape index (κ3) is 5.32. The van der Waals surface area contributed by atoms with Crippen LogP contribution in [0.25, 0.3) is 0 Å². The molecule has 0 fully saturated rings. The highest BCUT2D eigenvalue weighted by Gasteiger charge is 2.31. The average molecular weight is 483 g/mol. The van der Waals surface area contributed by atoms with E-state index in [1.54, 1.807) is 6.92 Å². The van der Waals surface area contributed by atoms with E-state index in [0.717, 1.165) is 36.4 Å². The summed E-state index contributed by atoms with van der Waals surface area (Å²) in [4.78, 5) is 35.1. The van der Waals surface area contributed by atoms with E-state index in [4.69, 9.17) is 21.1 Å². The number of hydrogen-bond acceptors (Lipinski definition) is 6. The summed E-state index contributed by atoms with van der Waals surface area (Å²) < 4.78 is 50.3. The molecule has 1 heterocycles. The van der Waals surface area contributed by atoms with E-state index >= 15 is 0 Å². The zero-order valence-corrected chi connectivity index (χ0v) is 17.7. The number of hydrogen-bond donors (Lipinski definition) is 0. The number of nitrogens with zero attached hydrogens (tertiary/aromatic N) is 2. The molecule has 0 radical (unpaired) electrons. The molecule has 0 N–H and O–H groups in total. The number of ether oxygens (including phenoxy) is 2. The van der Waals surface area contributed by atoms with Gasteiger partial charge in [-0.15, -0.1) is 0 Å². The zero-order valence-electron chi connectivity index (χ0n) is 17.0. The maximum atomic E-state index is 12.8. The van der Waals surface area contributed by atoms with Crippen LogP contribution in [-0.4, -0.2) is 15.5 Å².